The Hall–Kier alpha value is -1.65. The Morgan fingerprint density at radius 2 is 2.00 bits per heavy atom. The van der Waals surface area contributed by atoms with Crippen LogP contribution in [0.1, 0.15) is 25.8 Å². The average molecular weight is 274 g/mol. The van der Waals surface area contributed by atoms with Gasteiger partial charge in [0.25, 0.3) is 0 Å². The minimum atomic E-state index is -0.189. The number of hydrogen-bond donors (Lipinski definition) is 1. The Morgan fingerprint density at radius 3 is 2.70 bits per heavy atom. The number of methoxy groups -OCH3 is 1. The number of fused-ring (bicyclic) bond motifs is 1. The molecule has 2 aromatic rings. The lowest BCUT2D eigenvalue weighted by Gasteiger charge is -2.23. The molecular formula is C16H22N2O2. The summed E-state index contributed by atoms with van der Waals surface area (Å²) in [5.41, 5.74) is 7.44. The molecule has 1 heterocycles. The van der Waals surface area contributed by atoms with Gasteiger partial charge in [0.15, 0.2) is 0 Å². The van der Waals surface area contributed by atoms with Crippen molar-refractivity contribution in [3.8, 4) is 5.75 Å². The van der Waals surface area contributed by atoms with Crippen molar-refractivity contribution < 1.29 is 9.47 Å². The zero-order valence-corrected chi connectivity index (χ0v) is 12.3. The second kappa shape index (κ2) is 6.20. The van der Waals surface area contributed by atoms with E-state index < -0.39 is 0 Å². The Morgan fingerprint density at radius 1 is 1.25 bits per heavy atom. The summed E-state index contributed by atoms with van der Waals surface area (Å²) < 4.78 is 11.4. The number of pyridine rings is 1. The highest BCUT2D eigenvalue weighted by Gasteiger charge is 2.17. The predicted octanol–water partition coefficient (Wildman–Crippen LogP) is 2.89. The predicted molar refractivity (Wildman–Crippen MR) is 80.8 cm³/mol. The molecule has 2 rings (SSSR count). The van der Waals surface area contributed by atoms with E-state index in [2.05, 4.69) is 4.98 Å². The smallest absolute Gasteiger partial charge is 0.134 e. The summed E-state index contributed by atoms with van der Waals surface area (Å²) in [5, 5.41) is 1.01. The minimum Gasteiger partial charge on any atom is -0.492 e. The number of hydrogen-bond acceptors (Lipinski definition) is 4. The van der Waals surface area contributed by atoms with E-state index in [0.29, 0.717) is 13.2 Å². The molecule has 0 radical (unpaired) electrons. The van der Waals surface area contributed by atoms with Crippen molar-refractivity contribution in [3.63, 3.8) is 0 Å². The van der Waals surface area contributed by atoms with Crippen LogP contribution in [0, 0.1) is 0 Å². The largest absolute Gasteiger partial charge is 0.492 e. The van der Waals surface area contributed by atoms with E-state index in [-0.39, 0.29) is 5.60 Å². The van der Waals surface area contributed by atoms with E-state index in [0.717, 1.165) is 28.6 Å². The Bertz CT molecular complexity index is 582. The fraction of sp³-hybridized carbons (Fsp3) is 0.438. The van der Waals surface area contributed by atoms with Crippen LogP contribution >= 0.6 is 0 Å². The van der Waals surface area contributed by atoms with Crippen LogP contribution in [0.5, 0.6) is 5.75 Å². The number of nitrogens with two attached hydrogens (primary N) is 1. The lowest BCUT2D eigenvalue weighted by molar-refractivity contribution is 0.00550. The van der Waals surface area contributed by atoms with E-state index in [1.807, 2.05) is 38.1 Å². The molecule has 1 aromatic heterocycles. The summed E-state index contributed by atoms with van der Waals surface area (Å²) in [6.45, 7) is 5.10. The van der Waals surface area contributed by atoms with Gasteiger partial charge in [-0.1, -0.05) is 12.1 Å². The lowest BCUT2D eigenvalue weighted by atomic mass is 10.1. The molecular weight excluding hydrogens is 252 g/mol. The molecule has 0 aliphatic carbocycles. The first kappa shape index (κ1) is 14.8. The van der Waals surface area contributed by atoms with Gasteiger partial charge in [0.1, 0.15) is 5.75 Å². The monoisotopic (exact) mass is 274 g/mol. The molecule has 0 amide bonds. The van der Waals surface area contributed by atoms with E-state index >= 15 is 0 Å². The molecule has 0 saturated heterocycles. The van der Waals surface area contributed by atoms with Gasteiger partial charge >= 0.3 is 0 Å². The first-order valence-corrected chi connectivity index (χ1v) is 6.82. The van der Waals surface area contributed by atoms with E-state index in [1.54, 1.807) is 13.3 Å². The fourth-order valence-corrected chi connectivity index (χ4v) is 1.97. The fourth-order valence-electron chi connectivity index (χ4n) is 1.97. The lowest BCUT2D eigenvalue weighted by Crippen LogP contribution is -2.25. The van der Waals surface area contributed by atoms with Crippen molar-refractivity contribution in [3.05, 3.63) is 36.0 Å². The molecule has 0 unspecified atom stereocenters. The van der Waals surface area contributed by atoms with Crippen molar-refractivity contribution in [2.45, 2.75) is 32.4 Å². The number of rotatable bonds is 6. The van der Waals surface area contributed by atoms with E-state index in [1.165, 1.54) is 0 Å². The summed E-state index contributed by atoms with van der Waals surface area (Å²) in [6.07, 6.45) is 2.60. The zero-order chi connectivity index (χ0) is 14.6. The standard InChI is InChI=1S/C16H22N2O2/c1-16(2,19-3)8-9-20-15-12(10-17)11-18-14-7-5-4-6-13(14)15/h4-7,11H,8-10,17H2,1-3H3. The molecule has 108 valence electrons. The SMILES string of the molecule is COC(C)(C)CCOc1c(CN)cnc2ccccc12. The maximum absolute atomic E-state index is 5.98. The third-order valence-electron chi connectivity index (χ3n) is 3.52. The number of para-hydroxylation sites is 1. The number of nitrogens with zero attached hydrogens (tertiary/aromatic N) is 1. The van der Waals surface area contributed by atoms with Crippen molar-refractivity contribution in [2.75, 3.05) is 13.7 Å². The van der Waals surface area contributed by atoms with Gasteiger partial charge in [-0.15, -0.1) is 0 Å². The van der Waals surface area contributed by atoms with E-state index in [9.17, 15) is 0 Å². The molecule has 0 saturated carbocycles. The molecule has 20 heavy (non-hydrogen) atoms. The summed E-state index contributed by atoms with van der Waals surface area (Å²) in [6, 6.07) is 7.94. The van der Waals surface area contributed by atoms with Crippen LogP contribution in [0.4, 0.5) is 0 Å². The van der Waals surface area contributed by atoms with Gasteiger partial charge in [-0.25, -0.2) is 0 Å². The third-order valence-corrected chi connectivity index (χ3v) is 3.52. The van der Waals surface area contributed by atoms with Gasteiger partial charge in [0, 0.05) is 37.2 Å². The molecule has 0 bridgehead atoms. The average Bonchev–Trinajstić information content (AvgIpc) is 2.47. The zero-order valence-electron chi connectivity index (χ0n) is 12.3. The second-order valence-corrected chi connectivity index (χ2v) is 5.40. The molecule has 0 fully saturated rings. The maximum Gasteiger partial charge on any atom is 0.134 e. The molecule has 0 aliphatic rings. The van der Waals surface area contributed by atoms with Crippen LogP contribution in [-0.4, -0.2) is 24.3 Å². The Balaban J connectivity index is 2.23. The quantitative estimate of drug-likeness (QED) is 0.880. The van der Waals surface area contributed by atoms with Gasteiger partial charge in [0.05, 0.1) is 17.7 Å². The van der Waals surface area contributed by atoms with E-state index in [4.69, 9.17) is 15.2 Å². The molecule has 1 aromatic carbocycles. The number of aromatic nitrogens is 1. The first-order chi connectivity index (χ1) is 9.57. The van der Waals surface area contributed by atoms with Crippen molar-refractivity contribution in [1.29, 1.82) is 0 Å². The molecule has 2 N–H and O–H groups in total. The van der Waals surface area contributed by atoms with Gasteiger partial charge in [0.2, 0.25) is 0 Å². The summed E-state index contributed by atoms with van der Waals surface area (Å²) >= 11 is 0. The Kier molecular flexibility index (Phi) is 4.57. The van der Waals surface area contributed by atoms with Gasteiger partial charge in [-0.3, -0.25) is 4.98 Å². The van der Waals surface area contributed by atoms with Crippen LogP contribution in [0.3, 0.4) is 0 Å². The molecule has 0 spiro atoms. The minimum absolute atomic E-state index is 0.189. The van der Waals surface area contributed by atoms with Gasteiger partial charge < -0.3 is 15.2 Å². The summed E-state index contributed by atoms with van der Waals surface area (Å²) in [4.78, 5) is 4.40. The highest BCUT2D eigenvalue weighted by Crippen LogP contribution is 2.28. The molecule has 0 atom stereocenters. The summed E-state index contributed by atoms with van der Waals surface area (Å²) in [7, 11) is 1.72. The van der Waals surface area contributed by atoms with Crippen LogP contribution in [0.25, 0.3) is 10.9 Å². The highest BCUT2D eigenvalue weighted by atomic mass is 16.5. The van der Waals surface area contributed by atoms with Crippen molar-refractivity contribution in [1.82, 2.24) is 4.98 Å². The van der Waals surface area contributed by atoms with Gasteiger partial charge in [-0.05, 0) is 26.0 Å². The van der Waals surface area contributed by atoms with Crippen LogP contribution < -0.4 is 10.5 Å². The molecule has 0 aliphatic heterocycles. The highest BCUT2D eigenvalue weighted by molar-refractivity contribution is 5.86. The third kappa shape index (κ3) is 3.26. The summed E-state index contributed by atoms with van der Waals surface area (Å²) in [5.74, 6) is 0.838. The maximum atomic E-state index is 5.98. The second-order valence-electron chi connectivity index (χ2n) is 5.40. The van der Waals surface area contributed by atoms with Crippen molar-refractivity contribution >= 4 is 10.9 Å². The van der Waals surface area contributed by atoms with Crippen molar-refractivity contribution in [2.24, 2.45) is 5.73 Å². The normalized spacial score (nSPS) is 11.8. The molecule has 4 nitrogen and oxygen atoms in total. The topological polar surface area (TPSA) is 57.4 Å². The number of ether oxygens (including phenoxy) is 2. The van der Waals surface area contributed by atoms with Gasteiger partial charge in [-0.2, -0.15) is 0 Å². The van der Waals surface area contributed by atoms with Crippen LogP contribution in [0.15, 0.2) is 30.5 Å². The van der Waals surface area contributed by atoms with Crippen LogP contribution in [0.2, 0.25) is 0 Å². The molecule has 4 heteroatoms. The first-order valence-electron chi connectivity index (χ1n) is 6.82. The number of benzene rings is 1. The Labute approximate surface area is 119 Å². The van der Waals surface area contributed by atoms with Crippen LogP contribution in [-0.2, 0) is 11.3 Å².